The summed E-state index contributed by atoms with van der Waals surface area (Å²) in [4.78, 5) is 41.0. The van der Waals surface area contributed by atoms with Gasteiger partial charge in [-0.3, -0.25) is 14.4 Å². The van der Waals surface area contributed by atoms with Gasteiger partial charge in [0.2, 0.25) is 17.7 Å². The van der Waals surface area contributed by atoms with E-state index in [1.165, 1.54) is 0 Å². The van der Waals surface area contributed by atoms with Crippen molar-refractivity contribution in [2.75, 3.05) is 11.9 Å². The van der Waals surface area contributed by atoms with Crippen LogP contribution in [0.3, 0.4) is 0 Å². The van der Waals surface area contributed by atoms with Crippen LogP contribution in [0.1, 0.15) is 54.7 Å². The Labute approximate surface area is 162 Å². The second-order valence-corrected chi connectivity index (χ2v) is 6.92. The normalized spacial score (nSPS) is 16.2. The van der Waals surface area contributed by atoms with E-state index < -0.39 is 11.9 Å². The van der Waals surface area contributed by atoms with Crippen LogP contribution in [0.4, 0.5) is 5.69 Å². The molecule has 2 aromatic rings. The lowest BCUT2D eigenvalue weighted by Gasteiger charge is -2.14. The summed E-state index contributed by atoms with van der Waals surface area (Å²) in [6, 6.07) is 5.79. The van der Waals surface area contributed by atoms with Crippen molar-refractivity contribution in [1.82, 2.24) is 20.8 Å². The molecule has 0 aliphatic carbocycles. The highest BCUT2D eigenvalue weighted by atomic mass is 16.5. The smallest absolute Gasteiger partial charge is 0.254 e. The number of amides is 3. The average Bonchev–Trinajstić information content (AvgIpc) is 3.10. The molecule has 3 N–H and O–H groups in total. The van der Waals surface area contributed by atoms with Crippen LogP contribution in [0.5, 0.6) is 0 Å². The van der Waals surface area contributed by atoms with Gasteiger partial charge in [0.05, 0.1) is 17.7 Å². The van der Waals surface area contributed by atoms with Crippen molar-refractivity contribution < 1.29 is 18.9 Å². The van der Waals surface area contributed by atoms with Gasteiger partial charge in [0, 0.05) is 18.9 Å². The quantitative estimate of drug-likeness (QED) is 0.618. The summed E-state index contributed by atoms with van der Waals surface area (Å²) >= 11 is 0. The number of hydrogen-bond acceptors (Lipinski definition) is 6. The minimum atomic E-state index is -0.926. The van der Waals surface area contributed by atoms with Crippen LogP contribution in [-0.4, -0.2) is 40.4 Å². The van der Waals surface area contributed by atoms with Crippen molar-refractivity contribution in [2.24, 2.45) is 0 Å². The Balaban J connectivity index is 1.45. The molecule has 3 rings (SSSR count). The van der Waals surface area contributed by atoms with Crippen LogP contribution in [0, 0.1) is 0 Å². The Morgan fingerprint density at radius 1 is 1.29 bits per heavy atom. The van der Waals surface area contributed by atoms with Crippen molar-refractivity contribution in [3.63, 3.8) is 0 Å². The van der Waals surface area contributed by atoms with Crippen molar-refractivity contribution in [2.45, 2.75) is 45.1 Å². The molecule has 1 atom stereocenters. The number of carbonyl (C=O) groups excluding carboxylic acids is 3. The second-order valence-electron chi connectivity index (χ2n) is 6.92. The molecule has 0 radical (unpaired) electrons. The molecule has 0 saturated carbocycles. The fourth-order valence-corrected chi connectivity index (χ4v) is 2.78. The average molecular weight is 385 g/mol. The summed E-state index contributed by atoms with van der Waals surface area (Å²) in [6.07, 6.45) is 1.04. The standard InChI is InChI=1S/C19H23N5O4/c1-11(2)17-23-16(28-24-17)8-5-9-20-15(25)10-14-19(27)21-13-7-4-3-6-12(13)18(26)22-14/h3-4,6-7,11,14H,5,8-10H2,1-2H3,(H,20,25)(H,21,27)(H,22,26)/t14-/m0/s1. The number of anilines is 1. The van der Waals surface area contributed by atoms with Gasteiger partial charge in [-0.25, -0.2) is 0 Å². The van der Waals surface area contributed by atoms with Gasteiger partial charge >= 0.3 is 0 Å². The van der Waals surface area contributed by atoms with Gasteiger partial charge in [0.15, 0.2) is 5.82 Å². The minimum Gasteiger partial charge on any atom is -0.356 e. The molecule has 0 saturated heterocycles. The maximum absolute atomic E-state index is 12.3. The summed E-state index contributed by atoms with van der Waals surface area (Å²) in [6.45, 7) is 4.37. The van der Waals surface area contributed by atoms with Crippen molar-refractivity contribution in [1.29, 1.82) is 0 Å². The van der Waals surface area contributed by atoms with Crippen molar-refractivity contribution in [3.05, 3.63) is 41.5 Å². The third-order valence-corrected chi connectivity index (χ3v) is 4.33. The van der Waals surface area contributed by atoms with E-state index >= 15 is 0 Å². The Morgan fingerprint density at radius 3 is 2.82 bits per heavy atom. The van der Waals surface area contributed by atoms with Gasteiger partial charge in [-0.2, -0.15) is 4.98 Å². The number of rotatable bonds is 7. The zero-order valence-corrected chi connectivity index (χ0v) is 15.8. The van der Waals surface area contributed by atoms with Gasteiger partial charge < -0.3 is 20.5 Å². The molecular formula is C19H23N5O4. The topological polar surface area (TPSA) is 126 Å². The SMILES string of the molecule is CC(C)c1noc(CCCNC(=O)C[C@@H]2NC(=O)c3ccccc3NC2=O)n1. The molecule has 1 aromatic carbocycles. The molecule has 9 heteroatoms. The molecule has 0 spiro atoms. The first-order valence-electron chi connectivity index (χ1n) is 9.24. The van der Waals surface area contributed by atoms with Crippen LogP contribution >= 0.6 is 0 Å². The first-order chi connectivity index (χ1) is 13.4. The largest absolute Gasteiger partial charge is 0.356 e. The molecule has 2 heterocycles. The summed E-state index contributed by atoms with van der Waals surface area (Å²) < 4.78 is 5.15. The van der Waals surface area contributed by atoms with Gasteiger partial charge in [-0.05, 0) is 18.6 Å². The molecule has 1 aromatic heterocycles. The molecule has 0 bridgehead atoms. The predicted molar refractivity (Wildman–Crippen MR) is 101 cm³/mol. The molecule has 1 aliphatic heterocycles. The van der Waals surface area contributed by atoms with Crippen LogP contribution in [0.2, 0.25) is 0 Å². The lowest BCUT2D eigenvalue weighted by atomic mass is 10.1. The Bertz CT molecular complexity index is 877. The zero-order valence-electron chi connectivity index (χ0n) is 15.8. The Hall–Kier alpha value is -3.23. The van der Waals surface area contributed by atoms with Gasteiger partial charge in [-0.1, -0.05) is 31.1 Å². The lowest BCUT2D eigenvalue weighted by molar-refractivity contribution is -0.125. The van der Waals surface area contributed by atoms with Gasteiger partial charge in [-0.15, -0.1) is 0 Å². The predicted octanol–water partition coefficient (Wildman–Crippen LogP) is 1.38. The van der Waals surface area contributed by atoms with E-state index in [4.69, 9.17) is 4.52 Å². The van der Waals surface area contributed by atoms with E-state index in [0.717, 1.165) is 0 Å². The van der Waals surface area contributed by atoms with E-state index in [1.54, 1.807) is 24.3 Å². The molecule has 148 valence electrons. The number of aryl methyl sites for hydroxylation is 1. The number of fused-ring (bicyclic) bond motifs is 1. The van der Waals surface area contributed by atoms with Crippen LogP contribution in [0.25, 0.3) is 0 Å². The monoisotopic (exact) mass is 385 g/mol. The van der Waals surface area contributed by atoms with Crippen molar-refractivity contribution in [3.8, 4) is 0 Å². The number of para-hydroxylation sites is 1. The number of aromatic nitrogens is 2. The maximum Gasteiger partial charge on any atom is 0.254 e. The Morgan fingerprint density at radius 2 is 2.07 bits per heavy atom. The second kappa shape index (κ2) is 8.64. The third kappa shape index (κ3) is 4.73. The van der Waals surface area contributed by atoms with E-state index in [9.17, 15) is 14.4 Å². The molecular weight excluding hydrogens is 362 g/mol. The molecule has 28 heavy (non-hydrogen) atoms. The van der Waals surface area contributed by atoms with Crippen LogP contribution in [-0.2, 0) is 16.0 Å². The lowest BCUT2D eigenvalue weighted by Crippen LogP contribution is -2.44. The molecule has 0 unspecified atom stereocenters. The highest BCUT2D eigenvalue weighted by Crippen LogP contribution is 2.18. The third-order valence-electron chi connectivity index (χ3n) is 4.33. The zero-order chi connectivity index (χ0) is 20.1. The molecule has 3 amide bonds. The van der Waals surface area contributed by atoms with Gasteiger partial charge in [0.1, 0.15) is 6.04 Å². The van der Waals surface area contributed by atoms with E-state index in [-0.39, 0.29) is 24.2 Å². The van der Waals surface area contributed by atoms with E-state index in [0.29, 0.717) is 42.4 Å². The highest BCUT2D eigenvalue weighted by molar-refractivity contribution is 6.10. The number of benzene rings is 1. The number of nitrogens with one attached hydrogen (secondary N) is 3. The number of nitrogens with zero attached hydrogens (tertiary/aromatic N) is 2. The Kier molecular flexibility index (Phi) is 6.03. The summed E-state index contributed by atoms with van der Waals surface area (Å²) in [5, 5.41) is 11.9. The first kappa shape index (κ1) is 19.5. The number of hydrogen-bond donors (Lipinski definition) is 3. The van der Waals surface area contributed by atoms with Gasteiger partial charge in [0.25, 0.3) is 5.91 Å². The van der Waals surface area contributed by atoms with Crippen molar-refractivity contribution >= 4 is 23.4 Å². The highest BCUT2D eigenvalue weighted by Gasteiger charge is 2.29. The fourth-order valence-electron chi connectivity index (χ4n) is 2.78. The molecule has 0 fully saturated rings. The minimum absolute atomic E-state index is 0.135. The van der Waals surface area contributed by atoms with Crippen LogP contribution < -0.4 is 16.0 Å². The molecule has 1 aliphatic rings. The van der Waals surface area contributed by atoms with E-state index in [2.05, 4.69) is 26.1 Å². The summed E-state index contributed by atoms with van der Waals surface area (Å²) in [7, 11) is 0. The number of carbonyl (C=O) groups is 3. The first-order valence-corrected chi connectivity index (χ1v) is 9.24. The van der Waals surface area contributed by atoms with Crippen LogP contribution in [0.15, 0.2) is 28.8 Å². The summed E-state index contributed by atoms with van der Waals surface area (Å²) in [5.41, 5.74) is 0.812. The maximum atomic E-state index is 12.3. The van der Waals surface area contributed by atoms with E-state index in [1.807, 2.05) is 13.8 Å². The molecule has 9 nitrogen and oxygen atoms in total. The summed E-state index contributed by atoms with van der Waals surface area (Å²) in [5.74, 6) is 0.273. The fraction of sp³-hybridized carbons (Fsp3) is 0.421.